The maximum Gasteiger partial charge on any atom is 0.229 e. The average Bonchev–Trinajstić information content (AvgIpc) is 3.27. The van der Waals surface area contributed by atoms with Gasteiger partial charge in [-0.15, -0.1) is 0 Å². The van der Waals surface area contributed by atoms with E-state index in [1.165, 1.54) is 25.7 Å². The quantitative estimate of drug-likeness (QED) is 0.716. The largest absolute Gasteiger partial charge is 0.339 e. The number of benzene rings is 1. The van der Waals surface area contributed by atoms with E-state index < -0.39 is 0 Å². The molecule has 23 heavy (non-hydrogen) atoms. The Kier molecular flexibility index (Phi) is 3.78. The van der Waals surface area contributed by atoms with E-state index >= 15 is 0 Å². The molecule has 0 saturated heterocycles. The molecular formula is C16H19N5O2. The molecule has 1 aromatic carbocycles. The highest BCUT2D eigenvalue weighted by Crippen LogP contribution is 2.32. The van der Waals surface area contributed by atoms with E-state index in [-0.39, 0.29) is 0 Å². The molecule has 4 rings (SSSR count). The number of nitrogens with zero attached hydrogens (tertiary/aromatic N) is 5. The predicted octanol–water partition coefficient (Wildman–Crippen LogP) is 2.90. The molecule has 1 aliphatic carbocycles. The second-order valence-corrected chi connectivity index (χ2v) is 6.29. The van der Waals surface area contributed by atoms with E-state index in [2.05, 4.69) is 25.4 Å². The zero-order valence-corrected chi connectivity index (χ0v) is 13.1. The van der Waals surface area contributed by atoms with Crippen LogP contribution in [0.1, 0.15) is 48.9 Å². The van der Waals surface area contributed by atoms with Gasteiger partial charge in [-0.25, -0.2) is 4.63 Å². The van der Waals surface area contributed by atoms with Crippen molar-refractivity contribution in [3.63, 3.8) is 0 Å². The van der Waals surface area contributed by atoms with Gasteiger partial charge in [0.05, 0.1) is 6.54 Å². The summed E-state index contributed by atoms with van der Waals surface area (Å²) in [6.07, 6.45) is 4.87. The molecular weight excluding hydrogens is 294 g/mol. The first-order valence-electron chi connectivity index (χ1n) is 8.00. The van der Waals surface area contributed by atoms with Crippen molar-refractivity contribution in [2.45, 2.75) is 44.7 Å². The van der Waals surface area contributed by atoms with Gasteiger partial charge in [0.1, 0.15) is 11.0 Å². The molecule has 1 saturated carbocycles. The minimum absolute atomic E-state index is 0.462. The van der Waals surface area contributed by atoms with E-state index in [0.29, 0.717) is 12.5 Å². The number of aromatic nitrogens is 4. The van der Waals surface area contributed by atoms with Crippen LogP contribution in [-0.2, 0) is 13.1 Å². The number of fused-ring (bicyclic) bond motifs is 1. The molecule has 2 heterocycles. The van der Waals surface area contributed by atoms with E-state index in [0.717, 1.165) is 34.9 Å². The molecule has 0 unspecified atom stereocenters. The Hall–Kier alpha value is -2.28. The standard InChI is InChI=1S/C16H19N5O2/c1-21(9-11-6-7-13-14(8-11)19-23-18-13)10-15-17-16(22-20-15)12-4-2-3-5-12/h6-8,12H,2-5,9-10H2,1H3. The second-order valence-electron chi connectivity index (χ2n) is 6.29. The van der Waals surface area contributed by atoms with E-state index in [1.807, 2.05) is 25.2 Å². The summed E-state index contributed by atoms with van der Waals surface area (Å²) < 4.78 is 10.2. The van der Waals surface area contributed by atoms with Crippen LogP contribution in [-0.4, -0.2) is 32.4 Å². The average molecular weight is 313 g/mol. The van der Waals surface area contributed by atoms with Gasteiger partial charge in [0, 0.05) is 12.5 Å². The lowest BCUT2D eigenvalue weighted by Crippen LogP contribution is -2.18. The highest BCUT2D eigenvalue weighted by Gasteiger charge is 2.23. The summed E-state index contributed by atoms with van der Waals surface area (Å²) in [7, 11) is 2.04. The summed E-state index contributed by atoms with van der Waals surface area (Å²) >= 11 is 0. The van der Waals surface area contributed by atoms with Crippen molar-refractivity contribution in [1.29, 1.82) is 0 Å². The SMILES string of the molecule is CN(Cc1ccc2nonc2c1)Cc1noc(C2CCCC2)n1. The Bertz CT molecular complexity index is 790. The van der Waals surface area contributed by atoms with Crippen LogP contribution in [0.3, 0.4) is 0 Å². The van der Waals surface area contributed by atoms with Gasteiger partial charge in [0.25, 0.3) is 0 Å². The van der Waals surface area contributed by atoms with Crippen molar-refractivity contribution in [3.05, 3.63) is 35.5 Å². The Balaban J connectivity index is 1.40. The van der Waals surface area contributed by atoms with Crippen LogP contribution in [0.5, 0.6) is 0 Å². The highest BCUT2D eigenvalue weighted by atomic mass is 16.6. The van der Waals surface area contributed by atoms with Gasteiger partial charge in [-0.3, -0.25) is 4.90 Å². The van der Waals surface area contributed by atoms with Gasteiger partial charge in [0.2, 0.25) is 5.89 Å². The molecule has 7 heteroatoms. The minimum atomic E-state index is 0.462. The van der Waals surface area contributed by atoms with Gasteiger partial charge in [-0.1, -0.05) is 24.1 Å². The van der Waals surface area contributed by atoms with Crippen molar-refractivity contribution in [3.8, 4) is 0 Å². The fraction of sp³-hybridized carbons (Fsp3) is 0.500. The number of hydrogen-bond donors (Lipinski definition) is 0. The molecule has 2 aromatic heterocycles. The van der Waals surface area contributed by atoms with Crippen LogP contribution >= 0.6 is 0 Å². The van der Waals surface area contributed by atoms with E-state index in [9.17, 15) is 0 Å². The van der Waals surface area contributed by atoms with Gasteiger partial charge >= 0.3 is 0 Å². The van der Waals surface area contributed by atoms with Crippen molar-refractivity contribution < 1.29 is 9.15 Å². The lowest BCUT2D eigenvalue weighted by atomic mass is 10.1. The van der Waals surface area contributed by atoms with Gasteiger partial charge in [0.15, 0.2) is 5.82 Å². The van der Waals surface area contributed by atoms with Gasteiger partial charge < -0.3 is 4.52 Å². The third-order valence-electron chi connectivity index (χ3n) is 4.37. The van der Waals surface area contributed by atoms with Crippen LogP contribution in [0.15, 0.2) is 27.4 Å². The Labute approximate surface area is 133 Å². The summed E-state index contributed by atoms with van der Waals surface area (Å²) in [6.45, 7) is 1.43. The van der Waals surface area contributed by atoms with Crippen LogP contribution < -0.4 is 0 Å². The predicted molar refractivity (Wildman–Crippen MR) is 82.5 cm³/mol. The van der Waals surface area contributed by atoms with Crippen molar-refractivity contribution >= 4 is 11.0 Å². The number of rotatable bonds is 5. The molecule has 7 nitrogen and oxygen atoms in total. The lowest BCUT2D eigenvalue weighted by Gasteiger charge is -2.14. The monoisotopic (exact) mass is 313 g/mol. The highest BCUT2D eigenvalue weighted by molar-refractivity contribution is 5.73. The fourth-order valence-electron chi connectivity index (χ4n) is 3.21. The first-order chi connectivity index (χ1) is 11.3. The zero-order chi connectivity index (χ0) is 15.6. The summed E-state index contributed by atoms with van der Waals surface area (Å²) in [6, 6.07) is 5.94. The lowest BCUT2D eigenvalue weighted by molar-refractivity contribution is 0.298. The first kappa shape index (κ1) is 14.3. The maximum atomic E-state index is 5.43. The van der Waals surface area contributed by atoms with Crippen LogP contribution in [0, 0.1) is 0 Å². The maximum absolute atomic E-state index is 5.43. The molecule has 1 fully saturated rings. The molecule has 0 bridgehead atoms. The molecule has 1 aliphatic rings. The Morgan fingerprint density at radius 2 is 1.91 bits per heavy atom. The Morgan fingerprint density at radius 1 is 1.09 bits per heavy atom. The molecule has 0 N–H and O–H groups in total. The second kappa shape index (κ2) is 6.08. The molecule has 3 aromatic rings. The zero-order valence-electron chi connectivity index (χ0n) is 13.1. The van der Waals surface area contributed by atoms with E-state index in [4.69, 9.17) is 9.15 Å². The third-order valence-corrected chi connectivity index (χ3v) is 4.37. The van der Waals surface area contributed by atoms with Gasteiger partial charge in [-0.05, 0) is 47.9 Å². The van der Waals surface area contributed by atoms with Crippen molar-refractivity contribution in [1.82, 2.24) is 25.4 Å². The van der Waals surface area contributed by atoms with Crippen LogP contribution in [0.2, 0.25) is 0 Å². The third kappa shape index (κ3) is 3.10. The summed E-state index contributed by atoms with van der Waals surface area (Å²) in [5.74, 6) is 2.02. The topological polar surface area (TPSA) is 81.1 Å². The number of hydrogen-bond acceptors (Lipinski definition) is 7. The summed E-state index contributed by atoms with van der Waals surface area (Å²) in [4.78, 5) is 6.71. The summed E-state index contributed by atoms with van der Waals surface area (Å²) in [5.41, 5.74) is 2.70. The van der Waals surface area contributed by atoms with Crippen molar-refractivity contribution in [2.75, 3.05) is 7.05 Å². The molecule has 120 valence electrons. The normalized spacial score (nSPS) is 15.9. The van der Waals surface area contributed by atoms with Crippen LogP contribution in [0.4, 0.5) is 0 Å². The molecule has 0 atom stereocenters. The minimum Gasteiger partial charge on any atom is -0.339 e. The molecule has 0 spiro atoms. The molecule has 0 amide bonds. The van der Waals surface area contributed by atoms with Crippen molar-refractivity contribution in [2.24, 2.45) is 0 Å². The Morgan fingerprint density at radius 3 is 2.78 bits per heavy atom. The van der Waals surface area contributed by atoms with Gasteiger partial charge in [-0.2, -0.15) is 4.98 Å². The van der Waals surface area contributed by atoms with Crippen LogP contribution in [0.25, 0.3) is 11.0 Å². The summed E-state index contributed by atoms with van der Waals surface area (Å²) in [5, 5.41) is 11.8. The molecule has 0 radical (unpaired) electrons. The molecule has 0 aliphatic heterocycles. The first-order valence-corrected chi connectivity index (χ1v) is 8.00. The smallest absolute Gasteiger partial charge is 0.229 e. The van der Waals surface area contributed by atoms with E-state index in [1.54, 1.807) is 0 Å². The fourth-order valence-corrected chi connectivity index (χ4v) is 3.21.